The molecule has 0 heterocycles. The van der Waals surface area contributed by atoms with Gasteiger partial charge in [0.1, 0.15) is 0 Å². The van der Waals surface area contributed by atoms with E-state index in [1.54, 1.807) is 33.7 Å². The van der Waals surface area contributed by atoms with E-state index in [4.69, 9.17) is 4.74 Å². The van der Waals surface area contributed by atoms with Crippen molar-refractivity contribution in [3.05, 3.63) is 25.0 Å². The quantitative estimate of drug-likeness (QED) is 0.362. The molecule has 0 aromatic carbocycles. The Hall–Kier alpha value is -0.800. The highest BCUT2D eigenvalue weighted by molar-refractivity contribution is 4.71. The summed E-state index contributed by atoms with van der Waals surface area (Å²) in [6.45, 7) is 4.84. The van der Waals surface area contributed by atoms with Gasteiger partial charge in [-0.15, -0.1) is 6.58 Å². The topological polar surface area (TPSA) is 27.7 Å². The highest BCUT2D eigenvalue weighted by Crippen LogP contribution is 1.82. The Morgan fingerprint density at radius 1 is 1.15 bits per heavy atom. The van der Waals surface area contributed by atoms with Crippen molar-refractivity contribution in [2.75, 3.05) is 34.5 Å². The first kappa shape index (κ1) is 14.7. The fourth-order valence-electron chi connectivity index (χ4n) is 0.468. The largest absolute Gasteiger partial charge is 0.505 e. The molecule has 78 valence electrons. The van der Waals surface area contributed by atoms with Crippen LogP contribution in [0.2, 0.25) is 0 Å². The zero-order valence-electron chi connectivity index (χ0n) is 8.79. The van der Waals surface area contributed by atoms with Gasteiger partial charge in [0.2, 0.25) is 0 Å². The van der Waals surface area contributed by atoms with E-state index in [2.05, 4.69) is 16.1 Å². The number of hydrogen-bond acceptors (Lipinski definition) is 3. The lowest BCUT2D eigenvalue weighted by molar-refractivity contribution is 0.203. The van der Waals surface area contributed by atoms with Gasteiger partial charge in [0.15, 0.2) is 0 Å². The summed E-state index contributed by atoms with van der Waals surface area (Å²) in [4.78, 5) is 0. The third-order valence-electron chi connectivity index (χ3n) is 1.01. The van der Waals surface area contributed by atoms with Crippen LogP contribution in [0.15, 0.2) is 25.0 Å². The molecule has 0 N–H and O–H groups in total. The van der Waals surface area contributed by atoms with E-state index in [1.165, 1.54) is 0 Å². The lowest BCUT2D eigenvalue weighted by Gasteiger charge is -1.89. The molecular formula is C10H20O3. The maximum Gasteiger partial charge on any atom is 0.0785 e. The van der Waals surface area contributed by atoms with Crippen molar-refractivity contribution in [2.45, 2.75) is 6.42 Å². The number of hydrogen-bond donors (Lipinski definition) is 0. The summed E-state index contributed by atoms with van der Waals surface area (Å²) >= 11 is 0. The fraction of sp³-hybridized carbons (Fsp3) is 0.600. The summed E-state index contributed by atoms with van der Waals surface area (Å²) in [6.07, 6.45) is 6.20. The molecule has 0 rings (SSSR count). The van der Waals surface area contributed by atoms with Crippen LogP contribution >= 0.6 is 0 Å². The van der Waals surface area contributed by atoms with Gasteiger partial charge in [-0.3, -0.25) is 0 Å². The molecule has 0 radical (unpaired) electrons. The molecule has 0 bridgehead atoms. The van der Waals surface area contributed by atoms with Gasteiger partial charge in [-0.1, -0.05) is 6.08 Å². The smallest absolute Gasteiger partial charge is 0.0785 e. The van der Waals surface area contributed by atoms with Crippen molar-refractivity contribution >= 4 is 0 Å². The zero-order chi connectivity index (χ0) is 10.4. The highest BCUT2D eigenvalue weighted by atomic mass is 16.5. The molecule has 0 atom stereocenters. The first-order chi connectivity index (χ1) is 6.33. The Balaban J connectivity index is 0. The van der Waals surface area contributed by atoms with Crippen LogP contribution in [0.25, 0.3) is 0 Å². The van der Waals surface area contributed by atoms with Crippen molar-refractivity contribution in [1.82, 2.24) is 0 Å². The first-order valence-corrected chi connectivity index (χ1v) is 4.10. The molecular weight excluding hydrogens is 168 g/mol. The summed E-state index contributed by atoms with van der Waals surface area (Å²) in [7, 11) is 4.95. The van der Waals surface area contributed by atoms with Gasteiger partial charge in [0, 0.05) is 20.8 Å². The molecule has 0 saturated carbocycles. The first-order valence-electron chi connectivity index (χ1n) is 4.10. The molecule has 0 fully saturated rings. The molecule has 0 aromatic heterocycles. The van der Waals surface area contributed by atoms with Crippen molar-refractivity contribution in [3.8, 4) is 0 Å². The second kappa shape index (κ2) is 17.3. The Morgan fingerprint density at radius 3 is 2.15 bits per heavy atom. The van der Waals surface area contributed by atoms with Gasteiger partial charge in [-0.25, -0.2) is 0 Å². The van der Waals surface area contributed by atoms with E-state index in [0.717, 1.165) is 13.0 Å². The summed E-state index contributed by atoms with van der Waals surface area (Å²) < 4.78 is 14.0. The zero-order valence-corrected chi connectivity index (χ0v) is 8.79. The van der Waals surface area contributed by atoms with Crippen LogP contribution < -0.4 is 0 Å². The molecule has 3 nitrogen and oxygen atoms in total. The maximum atomic E-state index is 4.78. The van der Waals surface area contributed by atoms with Crippen LogP contribution in [0.4, 0.5) is 0 Å². The van der Waals surface area contributed by atoms with Crippen molar-refractivity contribution in [3.63, 3.8) is 0 Å². The van der Waals surface area contributed by atoms with Crippen LogP contribution in [0, 0.1) is 0 Å². The monoisotopic (exact) mass is 188 g/mol. The predicted octanol–water partition coefficient (Wildman–Crippen LogP) is 2.00. The predicted molar refractivity (Wildman–Crippen MR) is 54.7 cm³/mol. The van der Waals surface area contributed by atoms with E-state index >= 15 is 0 Å². The molecule has 0 spiro atoms. The molecule has 3 heteroatoms. The molecule has 0 unspecified atom stereocenters. The Morgan fingerprint density at radius 2 is 1.85 bits per heavy atom. The van der Waals surface area contributed by atoms with Crippen LogP contribution in [0.3, 0.4) is 0 Å². The van der Waals surface area contributed by atoms with Gasteiger partial charge < -0.3 is 14.2 Å². The molecule has 0 saturated heterocycles. The van der Waals surface area contributed by atoms with E-state index in [0.29, 0.717) is 6.61 Å². The fourth-order valence-corrected chi connectivity index (χ4v) is 0.468. The third-order valence-corrected chi connectivity index (χ3v) is 1.01. The molecule has 0 amide bonds. The van der Waals surface area contributed by atoms with Gasteiger partial charge in [-0.05, 0) is 12.5 Å². The van der Waals surface area contributed by atoms with Gasteiger partial charge >= 0.3 is 0 Å². The third kappa shape index (κ3) is 24.7. The van der Waals surface area contributed by atoms with E-state index in [-0.39, 0.29) is 0 Å². The van der Waals surface area contributed by atoms with Crippen LogP contribution in [-0.4, -0.2) is 34.5 Å². The second-order valence-electron chi connectivity index (χ2n) is 2.13. The Kier molecular flexibility index (Phi) is 19.6. The SMILES string of the molecule is C=CCOC.CO/C=C/CCOC. The Labute approximate surface area is 81.0 Å². The summed E-state index contributed by atoms with van der Waals surface area (Å²) in [5, 5.41) is 0. The Bertz CT molecular complexity index is 111. The molecule has 0 aromatic rings. The van der Waals surface area contributed by atoms with Crippen molar-refractivity contribution in [1.29, 1.82) is 0 Å². The minimum atomic E-state index is 0.653. The number of rotatable bonds is 6. The van der Waals surface area contributed by atoms with Crippen molar-refractivity contribution in [2.24, 2.45) is 0 Å². The van der Waals surface area contributed by atoms with Gasteiger partial charge in [0.05, 0.1) is 20.0 Å². The summed E-state index contributed by atoms with van der Waals surface area (Å²) in [5.41, 5.74) is 0. The lowest BCUT2D eigenvalue weighted by Crippen LogP contribution is -1.83. The van der Waals surface area contributed by atoms with Gasteiger partial charge in [0.25, 0.3) is 0 Å². The molecule has 0 aliphatic carbocycles. The summed E-state index contributed by atoms with van der Waals surface area (Å²) in [5.74, 6) is 0. The van der Waals surface area contributed by atoms with Crippen LogP contribution in [0.1, 0.15) is 6.42 Å². The molecule has 13 heavy (non-hydrogen) atoms. The van der Waals surface area contributed by atoms with E-state index < -0.39 is 0 Å². The van der Waals surface area contributed by atoms with E-state index in [9.17, 15) is 0 Å². The van der Waals surface area contributed by atoms with Crippen LogP contribution in [-0.2, 0) is 14.2 Å². The maximum absolute atomic E-state index is 4.78. The summed E-state index contributed by atoms with van der Waals surface area (Å²) in [6, 6.07) is 0. The van der Waals surface area contributed by atoms with Crippen LogP contribution in [0.5, 0.6) is 0 Å². The second-order valence-corrected chi connectivity index (χ2v) is 2.13. The molecule has 0 aliphatic rings. The average Bonchev–Trinajstić information content (AvgIpc) is 2.15. The normalized spacial score (nSPS) is 9.15. The number of ether oxygens (including phenoxy) is 3. The average molecular weight is 188 g/mol. The minimum Gasteiger partial charge on any atom is -0.505 e. The standard InChI is InChI=1S/C6H12O2.C4H8O/c1-7-5-3-4-6-8-2;1-3-4-5-2/h3,5H,4,6H2,1-2H3;3H,1,4H2,2H3/b5-3+;. The minimum absolute atomic E-state index is 0.653. The lowest BCUT2D eigenvalue weighted by atomic mass is 10.4. The van der Waals surface area contributed by atoms with E-state index in [1.807, 2.05) is 6.08 Å². The molecule has 0 aliphatic heterocycles. The van der Waals surface area contributed by atoms with Gasteiger partial charge in [-0.2, -0.15) is 0 Å². The van der Waals surface area contributed by atoms with Crippen molar-refractivity contribution < 1.29 is 14.2 Å². The number of methoxy groups -OCH3 is 3. The highest BCUT2D eigenvalue weighted by Gasteiger charge is 1.74.